The second kappa shape index (κ2) is 8.23. The fraction of sp³-hybridized carbons (Fsp3) is 0.444. The lowest BCUT2D eigenvalue weighted by Crippen LogP contribution is -2.42. The second-order valence-electron chi connectivity index (χ2n) is 5.76. The Bertz CT molecular complexity index is 619. The van der Waals surface area contributed by atoms with Gasteiger partial charge in [-0.25, -0.2) is 4.79 Å². The fourth-order valence-electron chi connectivity index (χ4n) is 2.73. The van der Waals surface area contributed by atoms with Crippen LogP contribution in [-0.2, 0) is 17.6 Å². The summed E-state index contributed by atoms with van der Waals surface area (Å²) in [4.78, 5) is 23.2. The zero-order chi connectivity index (χ0) is 16.7. The SMILES string of the molecule is C#CCNC(=O)CNC(=O)NC(C)c1ccc2c(c1)CCCC2. The van der Waals surface area contributed by atoms with Gasteiger partial charge in [0.15, 0.2) is 0 Å². The first-order chi connectivity index (χ1) is 11.1. The number of hydrogen-bond donors (Lipinski definition) is 3. The van der Waals surface area contributed by atoms with Crippen LogP contribution in [0.3, 0.4) is 0 Å². The number of carbonyl (C=O) groups is 2. The van der Waals surface area contributed by atoms with Crippen molar-refractivity contribution in [2.45, 2.75) is 38.6 Å². The van der Waals surface area contributed by atoms with Crippen molar-refractivity contribution in [1.29, 1.82) is 0 Å². The van der Waals surface area contributed by atoms with Crippen LogP contribution in [0.2, 0.25) is 0 Å². The molecule has 122 valence electrons. The van der Waals surface area contributed by atoms with Crippen LogP contribution in [-0.4, -0.2) is 25.0 Å². The van der Waals surface area contributed by atoms with E-state index in [1.807, 2.05) is 6.92 Å². The van der Waals surface area contributed by atoms with Crippen molar-refractivity contribution in [3.63, 3.8) is 0 Å². The first-order valence-electron chi connectivity index (χ1n) is 7.96. The summed E-state index contributed by atoms with van der Waals surface area (Å²) in [6, 6.07) is 5.92. The highest BCUT2D eigenvalue weighted by atomic mass is 16.2. The number of nitrogens with one attached hydrogen (secondary N) is 3. The maximum Gasteiger partial charge on any atom is 0.315 e. The van der Waals surface area contributed by atoms with Crippen molar-refractivity contribution in [2.24, 2.45) is 0 Å². The van der Waals surface area contributed by atoms with Crippen molar-refractivity contribution < 1.29 is 9.59 Å². The predicted octanol–water partition coefficient (Wildman–Crippen LogP) is 1.68. The minimum absolute atomic E-state index is 0.0928. The van der Waals surface area contributed by atoms with Gasteiger partial charge in [-0.1, -0.05) is 24.1 Å². The molecular weight excluding hydrogens is 290 g/mol. The van der Waals surface area contributed by atoms with Gasteiger partial charge < -0.3 is 16.0 Å². The molecule has 1 unspecified atom stereocenters. The Morgan fingerprint density at radius 1 is 1.22 bits per heavy atom. The number of fused-ring (bicyclic) bond motifs is 1. The first-order valence-corrected chi connectivity index (χ1v) is 7.96. The lowest BCUT2D eigenvalue weighted by molar-refractivity contribution is -0.119. The summed E-state index contributed by atoms with van der Waals surface area (Å²) in [5, 5.41) is 7.86. The van der Waals surface area contributed by atoms with Crippen LogP contribution in [0.25, 0.3) is 0 Å². The van der Waals surface area contributed by atoms with Gasteiger partial charge in [-0.3, -0.25) is 4.79 Å². The van der Waals surface area contributed by atoms with E-state index >= 15 is 0 Å². The molecule has 5 nitrogen and oxygen atoms in total. The normalized spacial score (nSPS) is 14.1. The lowest BCUT2D eigenvalue weighted by atomic mass is 9.89. The summed E-state index contributed by atoms with van der Waals surface area (Å²) in [5.41, 5.74) is 3.89. The summed E-state index contributed by atoms with van der Waals surface area (Å²) in [6.45, 7) is 2.00. The standard InChI is InChI=1S/C18H23N3O2/c1-3-10-19-17(22)12-20-18(23)21-13(2)15-9-8-14-6-4-5-7-16(14)11-15/h1,8-9,11,13H,4-7,10,12H2,2H3,(H,19,22)(H2,20,21,23). The zero-order valence-electron chi connectivity index (χ0n) is 13.4. The number of amides is 3. The van der Waals surface area contributed by atoms with Gasteiger partial charge in [0.05, 0.1) is 19.1 Å². The Morgan fingerprint density at radius 2 is 1.96 bits per heavy atom. The van der Waals surface area contributed by atoms with Crippen LogP contribution in [0, 0.1) is 12.3 Å². The van der Waals surface area contributed by atoms with Crippen molar-refractivity contribution in [3.8, 4) is 12.3 Å². The van der Waals surface area contributed by atoms with E-state index in [1.165, 1.54) is 24.0 Å². The van der Waals surface area contributed by atoms with Crippen molar-refractivity contribution in [2.75, 3.05) is 13.1 Å². The van der Waals surface area contributed by atoms with Gasteiger partial charge in [0.25, 0.3) is 0 Å². The monoisotopic (exact) mass is 313 g/mol. The number of terminal acetylenes is 1. The molecule has 23 heavy (non-hydrogen) atoms. The maximum atomic E-state index is 11.9. The summed E-state index contributed by atoms with van der Waals surface area (Å²) >= 11 is 0. The first kappa shape index (κ1) is 16.9. The average molecular weight is 313 g/mol. The molecule has 3 amide bonds. The number of rotatable bonds is 5. The Hall–Kier alpha value is -2.48. The molecule has 0 saturated carbocycles. The number of aryl methyl sites for hydroxylation is 2. The molecule has 0 aliphatic heterocycles. The molecule has 3 N–H and O–H groups in total. The van der Waals surface area contributed by atoms with Crippen LogP contribution >= 0.6 is 0 Å². The minimum atomic E-state index is -0.369. The number of urea groups is 1. The van der Waals surface area contributed by atoms with Gasteiger partial charge in [-0.15, -0.1) is 6.42 Å². The topological polar surface area (TPSA) is 70.2 Å². The van der Waals surface area contributed by atoms with E-state index in [0.717, 1.165) is 18.4 Å². The van der Waals surface area contributed by atoms with Gasteiger partial charge in [0.2, 0.25) is 5.91 Å². The van der Waals surface area contributed by atoms with Gasteiger partial charge >= 0.3 is 6.03 Å². The molecule has 0 fully saturated rings. The van der Waals surface area contributed by atoms with Crippen molar-refractivity contribution in [3.05, 3.63) is 34.9 Å². The van der Waals surface area contributed by atoms with E-state index in [1.54, 1.807) is 0 Å². The second-order valence-corrected chi connectivity index (χ2v) is 5.76. The molecule has 1 aromatic carbocycles. The van der Waals surface area contributed by atoms with Crippen LogP contribution in [0.5, 0.6) is 0 Å². The third-order valence-corrected chi connectivity index (χ3v) is 4.02. The quantitative estimate of drug-likeness (QED) is 0.724. The summed E-state index contributed by atoms with van der Waals surface area (Å²) < 4.78 is 0. The highest BCUT2D eigenvalue weighted by Crippen LogP contribution is 2.24. The van der Waals surface area contributed by atoms with E-state index in [2.05, 4.69) is 40.1 Å². The van der Waals surface area contributed by atoms with Crippen molar-refractivity contribution >= 4 is 11.9 Å². The van der Waals surface area contributed by atoms with Crippen LogP contribution in [0.1, 0.15) is 42.5 Å². The van der Waals surface area contributed by atoms with Gasteiger partial charge in [-0.2, -0.15) is 0 Å². The summed E-state index contributed by atoms with van der Waals surface area (Å²) in [5.74, 6) is 2.00. The molecule has 5 heteroatoms. The van der Waals surface area contributed by atoms with E-state index in [9.17, 15) is 9.59 Å². The Labute approximate surface area is 137 Å². The predicted molar refractivity (Wildman–Crippen MR) is 89.9 cm³/mol. The maximum absolute atomic E-state index is 11.9. The molecule has 1 aliphatic carbocycles. The smallest absolute Gasteiger partial charge is 0.315 e. The molecule has 0 bridgehead atoms. The van der Waals surface area contributed by atoms with Gasteiger partial charge in [-0.05, 0) is 49.3 Å². The van der Waals surface area contributed by atoms with Gasteiger partial charge in [0, 0.05) is 0 Å². The van der Waals surface area contributed by atoms with E-state index < -0.39 is 0 Å². The van der Waals surface area contributed by atoms with Crippen molar-refractivity contribution in [1.82, 2.24) is 16.0 Å². The molecule has 0 aromatic heterocycles. The molecule has 0 heterocycles. The highest BCUT2D eigenvalue weighted by Gasteiger charge is 2.14. The molecule has 1 aromatic rings. The lowest BCUT2D eigenvalue weighted by Gasteiger charge is -2.20. The molecule has 1 atom stereocenters. The Morgan fingerprint density at radius 3 is 2.70 bits per heavy atom. The number of hydrogen-bond acceptors (Lipinski definition) is 2. The highest BCUT2D eigenvalue weighted by molar-refractivity contribution is 5.84. The third-order valence-electron chi connectivity index (χ3n) is 4.02. The fourth-order valence-corrected chi connectivity index (χ4v) is 2.73. The van der Waals surface area contributed by atoms with E-state index in [4.69, 9.17) is 6.42 Å². The van der Waals surface area contributed by atoms with Gasteiger partial charge in [0.1, 0.15) is 0 Å². The molecule has 1 aliphatic rings. The largest absolute Gasteiger partial charge is 0.344 e. The molecular formula is C18H23N3O2. The number of carbonyl (C=O) groups excluding carboxylic acids is 2. The van der Waals surface area contributed by atoms with Crippen LogP contribution in [0.4, 0.5) is 4.79 Å². The summed E-state index contributed by atoms with van der Waals surface area (Å²) in [6.07, 6.45) is 9.78. The third kappa shape index (κ3) is 5.03. The zero-order valence-corrected chi connectivity index (χ0v) is 13.4. The Kier molecular flexibility index (Phi) is 6.04. The van der Waals surface area contributed by atoms with E-state index in [0.29, 0.717) is 0 Å². The van der Waals surface area contributed by atoms with Crippen LogP contribution < -0.4 is 16.0 Å². The summed E-state index contributed by atoms with van der Waals surface area (Å²) in [7, 11) is 0. The molecule has 2 rings (SSSR count). The van der Waals surface area contributed by atoms with E-state index in [-0.39, 0.29) is 31.1 Å². The minimum Gasteiger partial charge on any atom is -0.344 e. The average Bonchev–Trinajstić information content (AvgIpc) is 2.57. The molecule has 0 saturated heterocycles. The van der Waals surface area contributed by atoms with Crippen LogP contribution in [0.15, 0.2) is 18.2 Å². The molecule has 0 radical (unpaired) electrons. The number of benzene rings is 1. The molecule has 0 spiro atoms. The Balaban J connectivity index is 1.84.